The summed E-state index contributed by atoms with van der Waals surface area (Å²) in [5.41, 5.74) is 1.49. The molecule has 0 radical (unpaired) electrons. The molecule has 1 saturated heterocycles. The van der Waals surface area contributed by atoms with Crippen LogP contribution in [0.5, 0.6) is 0 Å². The van der Waals surface area contributed by atoms with Crippen LogP contribution in [0.25, 0.3) is 10.2 Å². The van der Waals surface area contributed by atoms with Crippen molar-refractivity contribution in [3.63, 3.8) is 0 Å². The van der Waals surface area contributed by atoms with E-state index in [-0.39, 0.29) is 11.8 Å². The minimum absolute atomic E-state index is 0.138. The van der Waals surface area contributed by atoms with E-state index in [1.54, 1.807) is 6.33 Å². The van der Waals surface area contributed by atoms with Crippen molar-refractivity contribution >= 4 is 33.3 Å². The van der Waals surface area contributed by atoms with Gasteiger partial charge in [-0.05, 0) is 50.0 Å². The van der Waals surface area contributed by atoms with Crippen molar-refractivity contribution in [3.8, 4) is 0 Å². The summed E-state index contributed by atoms with van der Waals surface area (Å²) in [7, 11) is 0. The maximum absolute atomic E-state index is 12.4. The van der Waals surface area contributed by atoms with Gasteiger partial charge in [0.15, 0.2) is 0 Å². The Morgan fingerprint density at radius 2 is 2.04 bits per heavy atom. The van der Waals surface area contributed by atoms with E-state index >= 15 is 0 Å². The van der Waals surface area contributed by atoms with Crippen LogP contribution in [0.2, 0.25) is 0 Å². The predicted octanol–water partition coefficient (Wildman–Crippen LogP) is 3.56. The van der Waals surface area contributed by atoms with Crippen molar-refractivity contribution in [2.24, 2.45) is 11.8 Å². The Bertz CT molecular complexity index is 792. The minimum Gasteiger partial charge on any atom is -0.356 e. The Hall–Kier alpha value is -1.69. The van der Waals surface area contributed by atoms with E-state index in [4.69, 9.17) is 0 Å². The number of fused-ring (bicyclic) bond motifs is 3. The molecule has 0 saturated carbocycles. The molecule has 0 unspecified atom stereocenters. The van der Waals surface area contributed by atoms with Crippen molar-refractivity contribution in [2.45, 2.75) is 52.4 Å². The van der Waals surface area contributed by atoms with Gasteiger partial charge in [-0.3, -0.25) is 4.79 Å². The van der Waals surface area contributed by atoms with Crippen molar-refractivity contribution in [1.29, 1.82) is 0 Å². The molecule has 6 heteroatoms. The summed E-state index contributed by atoms with van der Waals surface area (Å²) >= 11 is 1.85. The first kappa shape index (κ1) is 17.7. The lowest BCUT2D eigenvalue weighted by Gasteiger charge is -2.32. The van der Waals surface area contributed by atoms with Crippen LogP contribution in [0, 0.1) is 11.8 Å². The Morgan fingerprint density at radius 1 is 1.27 bits per heavy atom. The van der Waals surface area contributed by atoms with E-state index in [0.29, 0.717) is 5.92 Å². The largest absolute Gasteiger partial charge is 0.356 e. The zero-order valence-electron chi connectivity index (χ0n) is 15.8. The molecule has 0 atom stereocenters. The van der Waals surface area contributed by atoms with E-state index in [0.717, 1.165) is 49.5 Å². The molecule has 4 rings (SSSR count). The lowest BCUT2D eigenvalue weighted by Crippen LogP contribution is -2.41. The van der Waals surface area contributed by atoms with Gasteiger partial charge in [-0.25, -0.2) is 9.97 Å². The van der Waals surface area contributed by atoms with E-state index < -0.39 is 0 Å². The third-order valence-corrected chi connectivity index (χ3v) is 6.78. The van der Waals surface area contributed by atoms with Crippen LogP contribution in [0.1, 0.15) is 50.0 Å². The monoisotopic (exact) mass is 372 g/mol. The Kier molecular flexibility index (Phi) is 5.11. The van der Waals surface area contributed by atoms with Crippen molar-refractivity contribution in [2.75, 3.05) is 24.5 Å². The molecule has 1 aliphatic carbocycles. The van der Waals surface area contributed by atoms with Crippen molar-refractivity contribution in [3.05, 3.63) is 16.8 Å². The highest BCUT2D eigenvalue weighted by Crippen LogP contribution is 2.39. The summed E-state index contributed by atoms with van der Waals surface area (Å²) in [4.78, 5) is 26.6. The second-order valence-electron chi connectivity index (χ2n) is 7.99. The first-order valence-corrected chi connectivity index (χ1v) is 10.7. The van der Waals surface area contributed by atoms with Gasteiger partial charge in [0.05, 0.1) is 5.39 Å². The minimum atomic E-state index is 0.138. The van der Waals surface area contributed by atoms with E-state index in [1.165, 1.54) is 35.1 Å². The van der Waals surface area contributed by atoms with Crippen molar-refractivity contribution < 1.29 is 4.79 Å². The number of nitrogens with zero attached hydrogens (tertiary/aromatic N) is 3. The third kappa shape index (κ3) is 3.43. The lowest BCUT2D eigenvalue weighted by molar-refractivity contribution is -0.125. The maximum atomic E-state index is 12.4. The zero-order valence-corrected chi connectivity index (χ0v) is 16.6. The van der Waals surface area contributed by atoms with Crippen LogP contribution in [-0.4, -0.2) is 35.5 Å². The molecule has 2 aromatic rings. The number of amides is 1. The van der Waals surface area contributed by atoms with Crippen LogP contribution in [0.15, 0.2) is 6.33 Å². The Labute approximate surface area is 159 Å². The second-order valence-corrected chi connectivity index (χ2v) is 9.07. The van der Waals surface area contributed by atoms with Gasteiger partial charge in [0.1, 0.15) is 17.0 Å². The predicted molar refractivity (Wildman–Crippen MR) is 107 cm³/mol. The maximum Gasteiger partial charge on any atom is 0.223 e. The SMILES string of the molecule is CC(C)CNC(=O)C1CCN(c2ncnc3sc4c(c23)CCCC4)CC1. The van der Waals surface area contributed by atoms with Gasteiger partial charge in [-0.2, -0.15) is 0 Å². The highest BCUT2D eigenvalue weighted by molar-refractivity contribution is 7.19. The van der Waals surface area contributed by atoms with Crippen LogP contribution in [-0.2, 0) is 17.6 Å². The molecule has 2 aliphatic rings. The molecule has 26 heavy (non-hydrogen) atoms. The van der Waals surface area contributed by atoms with Gasteiger partial charge in [-0.15, -0.1) is 11.3 Å². The molecule has 0 spiro atoms. The van der Waals surface area contributed by atoms with Gasteiger partial charge in [-0.1, -0.05) is 13.8 Å². The molecule has 1 fully saturated rings. The fourth-order valence-corrected chi connectivity index (χ4v) is 5.34. The second kappa shape index (κ2) is 7.51. The van der Waals surface area contributed by atoms with Gasteiger partial charge in [0.2, 0.25) is 5.91 Å². The Morgan fingerprint density at radius 3 is 2.81 bits per heavy atom. The number of hydrogen-bond acceptors (Lipinski definition) is 5. The van der Waals surface area contributed by atoms with Crippen LogP contribution >= 0.6 is 11.3 Å². The third-order valence-electron chi connectivity index (χ3n) is 5.58. The average molecular weight is 373 g/mol. The number of carbonyl (C=O) groups excluding carboxylic acids is 1. The topological polar surface area (TPSA) is 58.1 Å². The molecule has 2 aromatic heterocycles. The number of nitrogens with one attached hydrogen (secondary N) is 1. The number of aryl methyl sites for hydroxylation is 2. The summed E-state index contributed by atoms with van der Waals surface area (Å²) in [5.74, 6) is 1.95. The number of hydrogen-bond donors (Lipinski definition) is 1. The number of rotatable bonds is 4. The normalized spacial score (nSPS) is 18.3. The smallest absolute Gasteiger partial charge is 0.223 e. The Balaban J connectivity index is 1.50. The average Bonchev–Trinajstić information content (AvgIpc) is 3.05. The molecule has 3 heterocycles. The van der Waals surface area contributed by atoms with E-state index in [9.17, 15) is 4.79 Å². The molecule has 1 amide bonds. The highest BCUT2D eigenvalue weighted by Gasteiger charge is 2.28. The molecule has 1 aliphatic heterocycles. The standard InChI is InChI=1S/C20H28N4OS/c1-13(2)11-21-19(25)14-7-9-24(10-8-14)18-17-15-5-3-4-6-16(15)26-20(17)23-12-22-18/h12-14H,3-11H2,1-2H3,(H,21,25). The van der Waals surface area contributed by atoms with E-state index in [2.05, 4.69) is 34.0 Å². The molecular formula is C20H28N4OS. The number of anilines is 1. The quantitative estimate of drug-likeness (QED) is 0.891. The molecule has 0 bridgehead atoms. The first-order valence-electron chi connectivity index (χ1n) is 9.91. The zero-order chi connectivity index (χ0) is 18.1. The van der Waals surface area contributed by atoms with E-state index in [1.807, 2.05) is 11.3 Å². The van der Waals surface area contributed by atoms with Gasteiger partial charge in [0.25, 0.3) is 0 Å². The number of thiophene rings is 1. The molecule has 140 valence electrons. The lowest BCUT2D eigenvalue weighted by atomic mass is 9.94. The summed E-state index contributed by atoms with van der Waals surface area (Å²) in [5, 5.41) is 4.38. The fourth-order valence-electron chi connectivity index (χ4n) is 4.12. The summed E-state index contributed by atoms with van der Waals surface area (Å²) in [6.45, 7) is 6.83. The highest BCUT2D eigenvalue weighted by atomic mass is 32.1. The number of aromatic nitrogens is 2. The molecular weight excluding hydrogens is 344 g/mol. The number of carbonyl (C=O) groups is 1. The fraction of sp³-hybridized carbons (Fsp3) is 0.650. The first-order chi connectivity index (χ1) is 12.6. The molecule has 1 N–H and O–H groups in total. The summed E-state index contributed by atoms with van der Waals surface area (Å²) in [6.07, 6.45) is 8.42. The van der Waals surface area contributed by atoms with Gasteiger partial charge in [0, 0.05) is 30.4 Å². The van der Waals surface area contributed by atoms with Crippen molar-refractivity contribution in [1.82, 2.24) is 15.3 Å². The van der Waals surface area contributed by atoms with Crippen LogP contribution in [0.3, 0.4) is 0 Å². The molecule has 5 nitrogen and oxygen atoms in total. The van der Waals surface area contributed by atoms with Crippen LogP contribution < -0.4 is 10.2 Å². The summed E-state index contributed by atoms with van der Waals surface area (Å²) in [6, 6.07) is 0. The van der Waals surface area contributed by atoms with Gasteiger partial charge < -0.3 is 10.2 Å². The van der Waals surface area contributed by atoms with Crippen LogP contribution in [0.4, 0.5) is 5.82 Å². The molecule has 0 aromatic carbocycles. The number of piperidine rings is 1. The van der Waals surface area contributed by atoms with Gasteiger partial charge >= 0.3 is 0 Å². The summed E-state index contributed by atoms with van der Waals surface area (Å²) < 4.78 is 0.